The number of benzene rings is 1. The van der Waals surface area contributed by atoms with Gasteiger partial charge in [0.15, 0.2) is 0 Å². The minimum atomic E-state index is -0.224. The van der Waals surface area contributed by atoms with Gasteiger partial charge in [-0.3, -0.25) is 4.79 Å². The van der Waals surface area contributed by atoms with Gasteiger partial charge in [0.05, 0.1) is 0 Å². The molecule has 1 spiro atoms. The fraction of sp³-hybridized carbons (Fsp3) is 0.680. The van der Waals surface area contributed by atoms with Crippen LogP contribution in [0.2, 0.25) is 0 Å². The number of piperidine rings is 2. The molecule has 7 heteroatoms. The number of ether oxygens (including phenoxy) is 1. The molecule has 1 aromatic rings. The van der Waals surface area contributed by atoms with Gasteiger partial charge in [-0.05, 0) is 87.7 Å². The Morgan fingerprint density at radius 1 is 1.09 bits per heavy atom. The van der Waals surface area contributed by atoms with E-state index in [1.807, 2.05) is 9.80 Å². The monoisotopic (exact) mass is 443 g/mol. The van der Waals surface area contributed by atoms with E-state index in [-0.39, 0.29) is 29.3 Å². The lowest BCUT2D eigenvalue weighted by atomic mass is 9.74. The van der Waals surface area contributed by atoms with Crippen LogP contribution in [0.15, 0.2) is 18.2 Å². The fourth-order valence-electron chi connectivity index (χ4n) is 5.88. The van der Waals surface area contributed by atoms with E-state index >= 15 is 0 Å². The fourth-order valence-corrected chi connectivity index (χ4v) is 5.88. The first-order chi connectivity index (χ1) is 15.4. The van der Waals surface area contributed by atoms with Crippen LogP contribution in [0, 0.1) is 11.7 Å². The Hall–Kier alpha value is -2.15. The summed E-state index contributed by atoms with van der Waals surface area (Å²) in [6.07, 6.45) is 7.15. The Labute approximate surface area is 189 Å². The van der Waals surface area contributed by atoms with Crippen molar-refractivity contribution in [3.8, 4) is 0 Å². The molecule has 0 bridgehead atoms. The maximum absolute atomic E-state index is 14.0. The van der Waals surface area contributed by atoms with Gasteiger partial charge in [0.1, 0.15) is 11.9 Å². The lowest BCUT2D eigenvalue weighted by molar-refractivity contribution is -0.116. The molecule has 3 heterocycles. The average Bonchev–Trinajstić information content (AvgIpc) is 3.06. The van der Waals surface area contributed by atoms with Gasteiger partial charge >= 0.3 is 6.09 Å². The summed E-state index contributed by atoms with van der Waals surface area (Å²) in [5.41, 5.74) is 1.76. The summed E-state index contributed by atoms with van der Waals surface area (Å²) in [7, 11) is 0. The summed E-state index contributed by atoms with van der Waals surface area (Å²) in [4.78, 5) is 30.7. The number of rotatable bonds is 3. The molecule has 174 valence electrons. The Balaban J connectivity index is 1.14. The zero-order chi connectivity index (χ0) is 22.3. The van der Waals surface area contributed by atoms with Crippen LogP contribution < -0.4 is 4.90 Å². The van der Waals surface area contributed by atoms with Gasteiger partial charge in [-0.1, -0.05) is 0 Å². The van der Waals surface area contributed by atoms with Crippen LogP contribution >= 0.6 is 0 Å². The van der Waals surface area contributed by atoms with Crippen molar-refractivity contribution in [2.45, 2.75) is 63.4 Å². The Morgan fingerprint density at radius 2 is 1.81 bits per heavy atom. The number of amides is 2. The largest absolute Gasteiger partial charge is 0.446 e. The van der Waals surface area contributed by atoms with Crippen molar-refractivity contribution >= 4 is 17.7 Å². The topological polar surface area (TPSA) is 53.1 Å². The summed E-state index contributed by atoms with van der Waals surface area (Å²) in [6, 6.07) is 4.86. The Kier molecular flexibility index (Phi) is 5.86. The third-order valence-electron chi connectivity index (χ3n) is 8.18. The van der Waals surface area contributed by atoms with E-state index in [2.05, 4.69) is 4.90 Å². The molecule has 5 rings (SSSR count). The maximum Gasteiger partial charge on any atom is 0.410 e. The molecule has 1 saturated carbocycles. The van der Waals surface area contributed by atoms with Crippen molar-refractivity contribution in [1.29, 1.82) is 0 Å². The van der Waals surface area contributed by atoms with E-state index in [0.29, 0.717) is 12.5 Å². The molecular weight excluding hydrogens is 409 g/mol. The van der Waals surface area contributed by atoms with Crippen LogP contribution in [-0.4, -0.2) is 67.2 Å². The van der Waals surface area contributed by atoms with Gasteiger partial charge < -0.3 is 19.4 Å². The first-order valence-electron chi connectivity index (χ1n) is 12.2. The van der Waals surface area contributed by atoms with Crippen LogP contribution in [0.5, 0.6) is 0 Å². The van der Waals surface area contributed by atoms with Crippen LogP contribution in [0.4, 0.5) is 14.9 Å². The molecule has 0 aromatic heterocycles. The van der Waals surface area contributed by atoms with Gasteiger partial charge in [0.2, 0.25) is 5.91 Å². The van der Waals surface area contributed by atoms with Gasteiger partial charge in [-0.15, -0.1) is 0 Å². The summed E-state index contributed by atoms with van der Waals surface area (Å²) < 4.78 is 19.6. The second kappa shape index (κ2) is 8.65. The molecule has 6 nitrogen and oxygen atoms in total. The van der Waals surface area contributed by atoms with Gasteiger partial charge in [-0.2, -0.15) is 0 Å². The number of nitrogens with zero attached hydrogens (tertiary/aromatic N) is 3. The molecule has 3 aliphatic heterocycles. The van der Waals surface area contributed by atoms with Crippen molar-refractivity contribution in [2.75, 3.05) is 44.2 Å². The standard InChI is InChI=1S/C25H34FN3O3/c1-18(30)29-17-25(22-15-20(26)5-6-23(22)29)9-13-27(14-10-25)16-19-7-11-28(12-8-19)24(31)32-21-3-2-4-21/h5-6,15,19,21H,2-4,7-14,16-17H2,1H3. The minimum Gasteiger partial charge on any atom is -0.446 e. The van der Waals surface area contributed by atoms with E-state index < -0.39 is 0 Å². The van der Waals surface area contributed by atoms with E-state index in [0.717, 1.165) is 82.5 Å². The van der Waals surface area contributed by atoms with Crippen LogP contribution in [-0.2, 0) is 14.9 Å². The molecule has 2 saturated heterocycles. The molecule has 4 aliphatic rings. The second-order valence-corrected chi connectivity index (χ2v) is 10.2. The van der Waals surface area contributed by atoms with Crippen molar-refractivity contribution in [2.24, 2.45) is 5.92 Å². The predicted octanol–water partition coefficient (Wildman–Crippen LogP) is 3.93. The number of likely N-dealkylation sites (tertiary alicyclic amines) is 2. The summed E-state index contributed by atoms with van der Waals surface area (Å²) in [6.45, 7) is 6.81. The molecule has 3 fully saturated rings. The Bertz CT molecular complexity index is 871. The molecule has 1 aliphatic carbocycles. The molecule has 0 N–H and O–H groups in total. The zero-order valence-electron chi connectivity index (χ0n) is 19.0. The molecule has 1 aromatic carbocycles. The van der Waals surface area contributed by atoms with Gasteiger partial charge in [0, 0.05) is 44.2 Å². The number of anilines is 1. The molecule has 0 unspecified atom stereocenters. The van der Waals surface area contributed by atoms with E-state index in [9.17, 15) is 14.0 Å². The predicted molar refractivity (Wildman–Crippen MR) is 120 cm³/mol. The summed E-state index contributed by atoms with van der Waals surface area (Å²) in [5.74, 6) is 0.400. The van der Waals surface area contributed by atoms with E-state index in [1.54, 1.807) is 19.1 Å². The van der Waals surface area contributed by atoms with Crippen molar-refractivity contribution in [3.63, 3.8) is 0 Å². The highest BCUT2D eigenvalue weighted by Crippen LogP contribution is 2.47. The third-order valence-corrected chi connectivity index (χ3v) is 8.18. The number of halogens is 1. The number of hydrogen-bond acceptors (Lipinski definition) is 4. The smallest absolute Gasteiger partial charge is 0.410 e. The minimum absolute atomic E-state index is 0.0276. The molecule has 32 heavy (non-hydrogen) atoms. The molecule has 2 amide bonds. The lowest BCUT2D eigenvalue weighted by Crippen LogP contribution is -2.48. The van der Waals surface area contributed by atoms with Crippen LogP contribution in [0.3, 0.4) is 0 Å². The van der Waals surface area contributed by atoms with Gasteiger partial charge in [0.25, 0.3) is 0 Å². The lowest BCUT2D eigenvalue weighted by Gasteiger charge is -2.42. The highest BCUT2D eigenvalue weighted by atomic mass is 19.1. The van der Waals surface area contributed by atoms with Crippen LogP contribution in [0.25, 0.3) is 0 Å². The molecule has 0 radical (unpaired) electrons. The highest BCUT2D eigenvalue weighted by Gasteiger charge is 2.46. The van der Waals surface area contributed by atoms with Crippen molar-refractivity contribution < 1.29 is 18.7 Å². The SMILES string of the molecule is CC(=O)N1CC2(CCN(CC3CCN(C(=O)OC4CCC4)CC3)CC2)c2cc(F)ccc21. The van der Waals surface area contributed by atoms with Crippen LogP contribution in [0.1, 0.15) is 57.4 Å². The first kappa shape index (κ1) is 21.7. The van der Waals surface area contributed by atoms with E-state index in [4.69, 9.17) is 4.74 Å². The number of hydrogen-bond donors (Lipinski definition) is 0. The second-order valence-electron chi connectivity index (χ2n) is 10.2. The van der Waals surface area contributed by atoms with Crippen molar-refractivity contribution in [1.82, 2.24) is 9.80 Å². The number of carbonyl (C=O) groups excluding carboxylic acids is 2. The zero-order valence-corrected chi connectivity index (χ0v) is 19.0. The number of fused-ring (bicyclic) bond motifs is 2. The third kappa shape index (κ3) is 4.12. The normalized spacial score (nSPS) is 23.8. The summed E-state index contributed by atoms with van der Waals surface area (Å²) >= 11 is 0. The average molecular weight is 444 g/mol. The molecular formula is C25H34FN3O3. The van der Waals surface area contributed by atoms with Crippen molar-refractivity contribution in [3.05, 3.63) is 29.6 Å². The highest BCUT2D eigenvalue weighted by molar-refractivity contribution is 5.94. The Morgan fingerprint density at radius 3 is 2.44 bits per heavy atom. The number of carbonyl (C=O) groups is 2. The van der Waals surface area contributed by atoms with Gasteiger partial charge in [-0.25, -0.2) is 9.18 Å². The molecule has 0 atom stereocenters. The van der Waals surface area contributed by atoms with E-state index in [1.165, 1.54) is 12.5 Å². The summed E-state index contributed by atoms with van der Waals surface area (Å²) in [5, 5.41) is 0. The quantitative estimate of drug-likeness (QED) is 0.711. The maximum atomic E-state index is 14.0. The first-order valence-corrected chi connectivity index (χ1v) is 12.2.